The van der Waals surface area contributed by atoms with E-state index in [1.165, 1.54) is 0 Å². The molecule has 0 aromatic rings. The summed E-state index contributed by atoms with van der Waals surface area (Å²) >= 11 is 0. The van der Waals surface area contributed by atoms with Gasteiger partial charge in [-0.15, -0.1) is 0 Å². The van der Waals surface area contributed by atoms with Crippen molar-refractivity contribution in [3.05, 3.63) is 0 Å². The highest BCUT2D eigenvalue weighted by Crippen LogP contribution is 2.64. The fourth-order valence-corrected chi connectivity index (χ4v) is 7.76. The third-order valence-corrected chi connectivity index (χ3v) is 8.98. The maximum atomic E-state index is 13.2. The van der Waals surface area contributed by atoms with Gasteiger partial charge < -0.3 is 5.32 Å². The lowest BCUT2D eigenvalue weighted by molar-refractivity contribution is -0.196. The minimum atomic E-state index is -4.01. The van der Waals surface area contributed by atoms with Crippen molar-refractivity contribution < 1.29 is 18.0 Å². The van der Waals surface area contributed by atoms with Crippen LogP contribution in [0.5, 0.6) is 0 Å². The molecule has 4 aliphatic carbocycles. The molecule has 0 heterocycles. The van der Waals surface area contributed by atoms with E-state index in [0.717, 1.165) is 44.9 Å². The van der Waals surface area contributed by atoms with Crippen LogP contribution in [0, 0.1) is 46.8 Å². The summed E-state index contributed by atoms with van der Waals surface area (Å²) in [7, 11) is 1.73. The number of hydrogen-bond donors (Lipinski definition) is 1. The number of halogens is 3. The first-order chi connectivity index (χ1) is 12.3. The fraction of sp³-hybridized carbons (Fsp3) is 0.952. The third-order valence-electron chi connectivity index (χ3n) is 8.98. The summed E-state index contributed by atoms with van der Waals surface area (Å²) in [6, 6.07) is 0. The van der Waals surface area contributed by atoms with E-state index in [2.05, 4.69) is 12.2 Å². The van der Waals surface area contributed by atoms with Gasteiger partial charge in [-0.2, -0.15) is 13.2 Å². The molecule has 148 valence electrons. The second-order valence-corrected chi connectivity index (χ2v) is 9.78. The van der Waals surface area contributed by atoms with Crippen molar-refractivity contribution in [1.29, 1.82) is 0 Å². The normalized spacial score (nSPS) is 48.3. The Balaban J connectivity index is 1.50. The Bertz CT molecular complexity index is 562. The van der Waals surface area contributed by atoms with Crippen LogP contribution in [0.4, 0.5) is 13.2 Å². The molecule has 0 unspecified atom stereocenters. The molecule has 0 radical (unpaired) electrons. The minimum absolute atomic E-state index is 0.0945. The van der Waals surface area contributed by atoms with Gasteiger partial charge in [0.2, 0.25) is 5.91 Å². The first kappa shape index (κ1) is 18.6. The second-order valence-electron chi connectivity index (χ2n) is 9.78. The van der Waals surface area contributed by atoms with Gasteiger partial charge in [0.05, 0.1) is 5.92 Å². The summed E-state index contributed by atoms with van der Waals surface area (Å²) < 4.78 is 39.5. The molecule has 2 nitrogen and oxygen atoms in total. The van der Waals surface area contributed by atoms with E-state index in [0.29, 0.717) is 36.5 Å². The molecule has 26 heavy (non-hydrogen) atoms. The molecule has 0 spiro atoms. The van der Waals surface area contributed by atoms with Gasteiger partial charge in [-0.3, -0.25) is 4.79 Å². The average molecular weight is 371 g/mol. The second kappa shape index (κ2) is 6.41. The van der Waals surface area contributed by atoms with Gasteiger partial charge in [0.1, 0.15) is 0 Å². The summed E-state index contributed by atoms with van der Waals surface area (Å²) in [5.41, 5.74) is 0.0945. The zero-order valence-corrected chi connectivity index (χ0v) is 15.9. The van der Waals surface area contributed by atoms with Crippen molar-refractivity contribution in [2.75, 3.05) is 7.05 Å². The lowest BCUT2D eigenvalue weighted by Gasteiger charge is -2.56. The smallest absolute Gasteiger partial charge is 0.359 e. The van der Waals surface area contributed by atoms with Crippen molar-refractivity contribution in [2.24, 2.45) is 46.8 Å². The molecule has 0 aromatic heterocycles. The number of fused-ring (bicyclic) bond motifs is 5. The molecule has 1 amide bonds. The number of alkyl halides is 3. The minimum Gasteiger partial charge on any atom is -0.359 e. The molecule has 0 saturated heterocycles. The van der Waals surface area contributed by atoms with Crippen LogP contribution in [0.3, 0.4) is 0 Å². The molecular formula is C21H32F3NO. The van der Waals surface area contributed by atoms with Crippen LogP contribution >= 0.6 is 0 Å². The van der Waals surface area contributed by atoms with Crippen LogP contribution in [0.15, 0.2) is 0 Å². The van der Waals surface area contributed by atoms with E-state index in [-0.39, 0.29) is 23.2 Å². The monoisotopic (exact) mass is 371 g/mol. The van der Waals surface area contributed by atoms with Crippen molar-refractivity contribution in [1.82, 2.24) is 5.32 Å². The molecule has 4 saturated carbocycles. The van der Waals surface area contributed by atoms with E-state index < -0.39 is 12.1 Å². The largest absolute Gasteiger partial charge is 0.391 e. The third kappa shape index (κ3) is 2.79. The van der Waals surface area contributed by atoms with Gasteiger partial charge in [-0.1, -0.05) is 6.92 Å². The molecule has 8 atom stereocenters. The van der Waals surface area contributed by atoms with Crippen LogP contribution in [0.2, 0.25) is 0 Å². The van der Waals surface area contributed by atoms with E-state index in [1.807, 2.05) is 0 Å². The van der Waals surface area contributed by atoms with Gasteiger partial charge in [0.25, 0.3) is 0 Å². The van der Waals surface area contributed by atoms with E-state index in [9.17, 15) is 18.0 Å². The number of hydrogen-bond acceptors (Lipinski definition) is 1. The lowest BCUT2D eigenvalue weighted by Crippen LogP contribution is -2.50. The Morgan fingerprint density at radius 1 is 0.962 bits per heavy atom. The SMILES string of the molecule is CNC(=O)[C@H]1CC[C@H]2[C@@H]3CC[C@@H]4C[C@@H](C(F)(F)F)CC[C@@H]4[C@H]3CC[C@]12C. The summed E-state index contributed by atoms with van der Waals surface area (Å²) in [6.07, 6.45) is 3.78. The summed E-state index contributed by atoms with van der Waals surface area (Å²) in [5.74, 6) is 1.83. The number of carbonyl (C=O) groups is 1. The number of amides is 1. The van der Waals surface area contributed by atoms with Gasteiger partial charge >= 0.3 is 6.18 Å². The van der Waals surface area contributed by atoms with Crippen LogP contribution in [-0.4, -0.2) is 19.1 Å². The van der Waals surface area contributed by atoms with E-state index >= 15 is 0 Å². The first-order valence-electron chi connectivity index (χ1n) is 10.5. The molecule has 5 heteroatoms. The fourth-order valence-electron chi connectivity index (χ4n) is 7.76. The van der Waals surface area contributed by atoms with E-state index in [4.69, 9.17) is 0 Å². The van der Waals surface area contributed by atoms with Crippen LogP contribution in [-0.2, 0) is 4.79 Å². The Labute approximate surface area is 154 Å². The predicted octanol–water partition coefficient (Wildman–Crippen LogP) is 5.18. The average Bonchev–Trinajstić information content (AvgIpc) is 2.96. The van der Waals surface area contributed by atoms with E-state index in [1.54, 1.807) is 7.05 Å². The predicted molar refractivity (Wildman–Crippen MR) is 94.2 cm³/mol. The molecule has 0 bridgehead atoms. The standard InChI is InChI=1S/C21H32F3NO/c1-20-10-9-15-14-6-4-13(21(22,23)24)11-12(14)3-5-16(15)17(20)7-8-18(20)19(26)25-2/h12-18H,3-11H2,1-2H3,(H,25,26)/t12-,13+,14+,15-,16-,17+,18-,20+/m1/s1. The van der Waals surface area contributed by atoms with Gasteiger partial charge in [-0.25, -0.2) is 0 Å². The van der Waals surface area contributed by atoms with Gasteiger partial charge in [0.15, 0.2) is 0 Å². The molecule has 0 aromatic carbocycles. The Hall–Kier alpha value is -0.740. The first-order valence-corrected chi connectivity index (χ1v) is 10.5. The molecule has 1 N–H and O–H groups in total. The van der Waals surface area contributed by atoms with Crippen molar-refractivity contribution in [3.8, 4) is 0 Å². The quantitative estimate of drug-likeness (QED) is 0.676. The number of rotatable bonds is 1. The molecule has 0 aliphatic heterocycles. The van der Waals surface area contributed by atoms with Crippen LogP contribution < -0.4 is 5.32 Å². The Morgan fingerprint density at radius 3 is 2.38 bits per heavy atom. The Kier molecular flexibility index (Phi) is 4.59. The highest BCUT2D eigenvalue weighted by Gasteiger charge is 2.59. The van der Waals surface area contributed by atoms with Gasteiger partial charge in [-0.05, 0) is 92.8 Å². The lowest BCUT2D eigenvalue weighted by atomic mass is 9.49. The molecular weight excluding hydrogens is 339 g/mol. The highest BCUT2D eigenvalue weighted by atomic mass is 19.4. The maximum Gasteiger partial charge on any atom is 0.391 e. The molecule has 4 rings (SSSR count). The summed E-state index contributed by atoms with van der Waals surface area (Å²) in [4.78, 5) is 12.4. The molecule has 4 aliphatic rings. The highest BCUT2D eigenvalue weighted by molar-refractivity contribution is 5.79. The summed E-state index contributed by atoms with van der Waals surface area (Å²) in [6.45, 7) is 2.31. The maximum absolute atomic E-state index is 13.2. The topological polar surface area (TPSA) is 29.1 Å². The Morgan fingerprint density at radius 2 is 1.69 bits per heavy atom. The van der Waals surface area contributed by atoms with Crippen molar-refractivity contribution in [2.45, 2.75) is 70.9 Å². The van der Waals surface area contributed by atoms with Crippen LogP contribution in [0.1, 0.15) is 64.7 Å². The zero-order valence-electron chi connectivity index (χ0n) is 15.9. The number of nitrogens with one attached hydrogen (secondary N) is 1. The number of carbonyl (C=O) groups excluding carboxylic acids is 1. The summed E-state index contributed by atoms with van der Waals surface area (Å²) in [5, 5.41) is 2.86. The van der Waals surface area contributed by atoms with Crippen molar-refractivity contribution in [3.63, 3.8) is 0 Å². The van der Waals surface area contributed by atoms with Gasteiger partial charge in [0, 0.05) is 13.0 Å². The van der Waals surface area contributed by atoms with Crippen LogP contribution in [0.25, 0.3) is 0 Å². The zero-order chi connectivity index (χ0) is 18.7. The van der Waals surface area contributed by atoms with Crippen molar-refractivity contribution >= 4 is 5.91 Å². The molecule has 4 fully saturated rings.